The van der Waals surface area contributed by atoms with Gasteiger partial charge in [-0.05, 0) is 31.2 Å². The molecule has 2 aromatic carbocycles. The van der Waals surface area contributed by atoms with E-state index in [0.29, 0.717) is 17.1 Å². The molecule has 0 radical (unpaired) electrons. The fourth-order valence-corrected chi connectivity index (χ4v) is 2.69. The maximum absolute atomic E-state index is 12.6. The molecule has 0 aliphatic heterocycles. The van der Waals surface area contributed by atoms with Gasteiger partial charge in [0.15, 0.2) is 12.3 Å². The standard InChI is InChI=1S/C21H19N5O3/c1-16-20(24-26(23-16)18-11-6-3-7-12-18)21(28)29-15-19(27)25(14-8-13-22)17-9-4-2-5-10-17/h2-7,9-12H,8,14-15H2,1H3. The number of nitrogens with zero attached hydrogens (tertiary/aromatic N) is 5. The van der Waals surface area contributed by atoms with E-state index in [0.717, 1.165) is 0 Å². The lowest BCUT2D eigenvalue weighted by Gasteiger charge is -2.21. The predicted octanol–water partition coefficient (Wildman–Crippen LogP) is 2.68. The number of hydrogen-bond acceptors (Lipinski definition) is 6. The number of nitriles is 1. The predicted molar refractivity (Wildman–Crippen MR) is 105 cm³/mol. The Bertz CT molecular complexity index is 1030. The molecule has 0 saturated heterocycles. The van der Waals surface area contributed by atoms with E-state index in [1.54, 1.807) is 31.2 Å². The molecule has 0 aliphatic rings. The molecule has 3 aromatic rings. The summed E-state index contributed by atoms with van der Waals surface area (Å²) in [4.78, 5) is 27.8. The number of benzene rings is 2. The van der Waals surface area contributed by atoms with Crippen molar-refractivity contribution in [3.63, 3.8) is 0 Å². The largest absolute Gasteiger partial charge is 0.451 e. The first-order chi connectivity index (χ1) is 14.1. The highest BCUT2D eigenvalue weighted by Crippen LogP contribution is 2.15. The molecule has 8 heteroatoms. The second kappa shape index (κ2) is 9.28. The van der Waals surface area contributed by atoms with Crippen LogP contribution in [0.3, 0.4) is 0 Å². The van der Waals surface area contributed by atoms with Crippen molar-refractivity contribution in [3.8, 4) is 11.8 Å². The fraction of sp³-hybridized carbons (Fsp3) is 0.190. The van der Waals surface area contributed by atoms with Crippen molar-refractivity contribution >= 4 is 17.6 Å². The van der Waals surface area contributed by atoms with Crippen molar-refractivity contribution < 1.29 is 14.3 Å². The average molecular weight is 389 g/mol. The van der Waals surface area contributed by atoms with Crippen LogP contribution in [-0.4, -0.2) is 40.0 Å². The van der Waals surface area contributed by atoms with E-state index in [1.807, 2.05) is 42.5 Å². The van der Waals surface area contributed by atoms with Gasteiger partial charge in [-0.25, -0.2) is 4.79 Å². The quantitative estimate of drug-likeness (QED) is 0.576. The summed E-state index contributed by atoms with van der Waals surface area (Å²) in [7, 11) is 0. The van der Waals surface area contributed by atoms with Crippen LogP contribution in [0.15, 0.2) is 60.7 Å². The van der Waals surface area contributed by atoms with Crippen LogP contribution >= 0.6 is 0 Å². The third-order valence-corrected chi connectivity index (χ3v) is 4.11. The SMILES string of the molecule is Cc1nn(-c2ccccc2)nc1C(=O)OCC(=O)N(CCC#N)c1ccccc1. The highest BCUT2D eigenvalue weighted by Gasteiger charge is 2.21. The molecule has 0 spiro atoms. The number of ether oxygens (including phenoxy) is 1. The number of carbonyl (C=O) groups is 2. The van der Waals surface area contributed by atoms with Gasteiger partial charge in [-0.1, -0.05) is 36.4 Å². The Morgan fingerprint density at radius 2 is 1.72 bits per heavy atom. The van der Waals surface area contributed by atoms with E-state index in [9.17, 15) is 9.59 Å². The Morgan fingerprint density at radius 3 is 2.38 bits per heavy atom. The summed E-state index contributed by atoms with van der Waals surface area (Å²) in [6.45, 7) is 1.39. The van der Waals surface area contributed by atoms with Gasteiger partial charge in [-0.3, -0.25) is 4.79 Å². The molecule has 0 unspecified atom stereocenters. The lowest BCUT2D eigenvalue weighted by Crippen LogP contribution is -2.35. The summed E-state index contributed by atoms with van der Waals surface area (Å²) in [6.07, 6.45) is 0.166. The van der Waals surface area contributed by atoms with Crippen molar-refractivity contribution in [2.24, 2.45) is 0 Å². The van der Waals surface area contributed by atoms with Gasteiger partial charge in [0.1, 0.15) is 0 Å². The van der Waals surface area contributed by atoms with Crippen molar-refractivity contribution in [2.45, 2.75) is 13.3 Å². The summed E-state index contributed by atoms with van der Waals surface area (Å²) < 4.78 is 5.17. The molecule has 0 aliphatic carbocycles. The van der Waals surface area contributed by atoms with E-state index in [4.69, 9.17) is 10.00 Å². The van der Waals surface area contributed by atoms with E-state index < -0.39 is 18.5 Å². The average Bonchev–Trinajstić information content (AvgIpc) is 3.15. The third kappa shape index (κ3) is 4.84. The zero-order valence-electron chi connectivity index (χ0n) is 15.9. The van der Waals surface area contributed by atoms with Crippen LogP contribution in [0, 0.1) is 18.3 Å². The Hall–Kier alpha value is -3.99. The van der Waals surface area contributed by atoms with E-state index >= 15 is 0 Å². The van der Waals surface area contributed by atoms with Crippen LogP contribution in [0.2, 0.25) is 0 Å². The van der Waals surface area contributed by atoms with Gasteiger partial charge in [-0.15, -0.1) is 5.10 Å². The monoisotopic (exact) mass is 389 g/mol. The van der Waals surface area contributed by atoms with Crippen LogP contribution in [0.25, 0.3) is 5.69 Å². The number of anilines is 1. The van der Waals surface area contributed by atoms with Crippen molar-refractivity contribution in [3.05, 3.63) is 72.1 Å². The van der Waals surface area contributed by atoms with Gasteiger partial charge in [0, 0.05) is 12.2 Å². The summed E-state index contributed by atoms with van der Waals surface area (Å²) in [5, 5.41) is 17.2. The molecule has 1 amide bonds. The smallest absolute Gasteiger partial charge is 0.361 e. The molecule has 0 fully saturated rings. The molecule has 1 heterocycles. The normalized spacial score (nSPS) is 10.2. The van der Waals surface area contributed by atoms with Crippen LogP contribution in [-0.2, 0) is 9.53 Å². The highest BCUT2D eigenvalue weighted by molar-refractivity contribution is 5.96. The van der Waals surface area contributed by atoms with Gasteiger partial charge < -0.3 is 9.64 Å². The summed E-state index contributed by atoms with van der Waals surface area (Å²) >= 11 is 0. The minimum atomic E-state index is -0.730. The Kier molecular flexibility index (Phi) is 6.32. The molecular formula is C21H19N5O3. The van der Waals surface area contributed by atoms with Crippen LogP contribution in [0.5, 0.6) is 0 Å². The van der Waals surface area contributed by atoms with Gasteiger partial charge in [-0.2, -0.15) is 15.2 Å². The number of aryl methyl sites for hydroxylation is 1. The number of amides is 1. The first kappa shape index (κ1) is 19.8. The van der Waals surface area contributed by atoms with Crippen molar-refractivity contribution in [1.29, 1.82) is 5.26 Å². The van der Waals surface area contributed by atoms with E-state index in [-0.39, 0.29) is 18.7 Å². The van der Waals surface area contributed by atoms with Gasteiger partial charge in [0.25, 0.3) is 5.91 Å². The van der Waals surface area contributed by atoms with E-state index in [1.165, 1.54) is 9.70 Å². The minimum absolute atomic E-state index is 0.0462. The number of rotatable bonds is 7. The van der Waals surface area contributed by atoms with Crippen LogP contribution in [0.1, 0.15) is 22.6 Å². The zero-order chi connectivity index (χ0) is 20.6. The number of esters is 1. The summed E-state index contributed by atoms with van der Waals surface area (Å²) in [6, 6.07) is 20.1. The lowest BCUT2D eigenvalue weighted by atomic mass is 10.2. The maximum Gasteiger partial charge on any atom is 0.361 e. The number of aromatic nitrogens is 3. The Labute approximate surface area is 167 Å². The molecule has 29 heavy (non-hydrogen) atoms. The molecule has 146 valence electrons. The van der Waals surface area contributed by atoms with E-state index in [2.05, 4.69) is 10.2 Å². The minimum Gasteiger partial charge on any atom is -0.451 e. The molecule has 0 saturated carbocycles. The van der Waals surface area contributed by atoms with Crippen molar-refractivity contribution in [2.75, 3.05) is 18.1 Å². The number of para-hydroxylation sites is 2. The summed E-state index contributed by atoms with van der Waals surface area (Å²) in [5.74, 6) is -1.15. The van der Waals surface area contributed by atoms with Gasteiger partial charge in [0.05, 0.1) is 23.9 Å². The molecule has 1 aromatic heterocycles. The second-order valence-corrected chi connectivity index (χ2v) is 6.12. The van der Waals surface area contributed by atoms with Gasteiger partial charge in [0.2, 0.25) is 0 Å². The highest BCUT2D eigenvalue weighted by atomic mass is 16.5. The fourth-order valence-electron chi connectivity index (χ4n) is 2.69. The first-order valence-electron chi connectivity index (χ1n) is 8.99. The van der Waals surface area contributed by atoms with Gasteiger partial charge >= 0.3 is 5.97 Å². The third-order valence-electron chi connectivity index (χ3n) is 4.11. The number of hydrogen-bond donors (Lipinski definition) is 0. The molecule has 0 atom stereocenters. The topological polar surface area (TPSA) is 101 Å². The van der Waals surface area contributed by atoms with Crippen LogP contribution in [0.4, 0.5) is 5.69 Å². The molecule has 0 N–H and O–H groups in total. The molecule has 8 nitrogen and oxygen atoms in total. The lowest BCUT2D eigenvalue weighted by molar-refractivity contribution is -0.121. The Balaban J connectivity index is 1.68. The zero-order valence-corrected chi connectivity index (χ0v) is 15.9. The van der Waals surface area contributed by atoms with Crippen molar-refractivity contribution in [1.82, 2.24) is 15.0 Å². The number of carbonyl (C=O) groups excluding carboxylic acids is 2. The molecular weight excluding hydrogens is 370 g/mol. The Morgan fingerprint density at radius 1 is 1.07 bits per heavy atom. The molecule has 0 bridgehead atoms. The molecule has 3 rings (SSSR count). The maximum atomic E-state index is 12.6. The first-order valence-corrected chi connectivity index (χ1v) is 8.99. The van der Waals surface area contributed by atoms with Crippen LogP contribution < -0.4 is 4.90 Å². The summed E-state index contributed by atoms with van der Waals surface area (Å²) in [5.41, 5.74) is 1.79. The second-order valence-electron chi connectivity index (χ2n) is 6.12.